The van der Waals surface area contributed by atoms with Crippen molar-refractivity contribution in [1.29, 1.82) is 0 Å². The van der Waals surface area contributed by atoms with Gasteiger partial charge < -0.3 is 15.3 Å². The van der Waals surface area contributed by atoms with Crippen molar-refractivity contribution in [2.75, 3.05) is 33.3 Å². The fourth-order valence-electron chi connectivity index (χ4n) is 4.01. The van der Waals surface area contributed by atoms with Gasteiger partial charge in [-0.05, 0) is 63.6 Å². The first-order chi connectivity index (χ1) is 8.72. The Morgan fingerprint density at radius 3 is 2.72 bits per heavy atom. The number of rotatable bonds is 8. The number of aliphatic hydroxyl groups is 1. The lowest BCUT2D eigenvalue weighted by molar-refractivity contribution is 0.191. The first-order valence-electron chi connectivity index (χ1n) is 7.75. The van der Waals surface area contributed by atoms with E-state index in [0.717, 1.165) is 37.3 Å². The molecule has 2 rings (SSSR count). The molecule has 0 heterocycles. The zero-order valence-corrected chi connectivity index (χ0v) is 12.1. The van der Waals surface area contributed by atoms with Gasteiger partial charge in [-0.3, -0.25) is 0 Å². The summed E-state index contributed by atoms with van der Waals surface area (Å²) >= 11 is 0. The molecular formula is C15H30N2O. The quantitative estimate of drug-likeness (QED) is 0.692. The minimum Gasteiger partial charge on any atom is -0.395 e. The van der Waals surface area contributed by atoms with Crippen LogP contribution in [0.4, 0.5) is 0 Å². The largest absolute Gasteiger partial charge is 0.395 e. The van der Waals surface area contributed by atoms with Crippen molar-refractivity contribution in [3.8, 4) is 0 Å². The Hall–Kier alpha value is -0.120. The number of nitrogens with one attached hydrogen (secondary N) is 1. The minimum absolute atomic E-state index is 0.260. The second-order valence-electron chi connectivity index (χ2n) is 6.42. The first kappa shape index (κ1) is 14.3. The van der Waals surface area contributed by atoms with Gasteiger partial charge in [-0.25, -0.2) is 0 Å². The summed E-state index contributed by atoms with van der Waals surface area (Å²) in [7, 11) is 2.24. The number of aliphatic hydroxyl groups excluding tert-OH is 1. The Labute approximate surface area is 112 Å². The number of nitrogens with zero attached hydrogens (tertiary/aromatic N) is 1. The van der Waals surface area contributed by atoms with Crippen LogP contribution in [-0.4, -0.2) is 49.3 Å². The van der Waals surface area contributed by atoms with Crippen molar-refractivity contribution in [3.63, 3.8) is 0 Å². The molecule has 2 saturated carbocycles. The fourth-order valence-corrected chi connectivity index (χ4v) is 4.01. The summed E-state index contributed by atoms with van der Waals surface area (Å²) in [6.45, 7) is 5.68. The highest BCUT2D eigenvalue weighted by Gasteiger charge is 2.39. The molecule has 0 amide bonds. The molecule has 106 valence electrons. The lowest BCUT2D eigenvalue weighted by atomic mass is 9.88. The molecule has 2 fully saturated rings. The van der Waals surface area contributed by atoms with Gasteiger partial charge >= 0.3 is 0 Å². The molecule has 0 spiro atoms. The van der Waals surface area contributed by atoms with Crippen LogP contribution in [0.5, 0.6) is 0 Å². The van der Waals surface area contributed by atoms with E-state index in [9.17, 15) is 5.11 Å². The Bertz CT molecular complexity index is 247. The molecule has 0 aromatic carbocycles. The van der Waals surface area contributed by atoms with Gasteiger partial charge in [0.1, 0.15) is 0 Å². The second kappa shape index (κ2) is 6.88. The maximum absolute atomic E-state index is 9.26. The highest BCUT2D eigenvalue weighted by Crippen LogP contribution is 2.48. The van der Waals surface area contributed by atoms with E-state index in [1.807, 2.05) is 0 Å². The van der Waals surface area contributed by atoms with Crippen LogP contribution >= 0.6 is 0 Å². The van der Waals surface area contributed by atoms with Crippen LogP contribution in [0, 0.1) is 17.8 Å². The van der Waals surface area contributed by atoms with Crippen LogP contribution in [0.1, 0.15) is 39.0 Å². The van der Waals surface area contributed by atoms with Crippen molar-refractivity contribution < 1.29 is 5.11 Å². The average molecular weight is 254 g/mol. The third-order valence-electron chi connectivity index (χ3n) is 5.00. The van der Waals surface area contributed by atoms with Crippen LogP contribution in [0.3, 0.4) is 0 Å². The molecular weight excluding hydrogens is 224 g/mol. The van der Waals surface area contributed by atoms with Gasteiger partial charge in [-0.1, -0.05) is 13.3 Å². The fraction of sp³-hybridized carbons (Fsp3) is 1.00. The minimum atomic E-state index is 0.260. The summed E-state index contributed by atoms with van der Waals surface area (Å²) < 4.78 is 0. The van der Waals surface area contributed by atoms with E-state index < -0.39 is 0 Å². The smallest absolute Gasteiger partial charge is 0.0585 e. The van der Waals surface area contributed by atoms with E-state index in [4.69, 9.17) is 0 Å². The number of likely N-dealkylation sites (N-methyl/N-ethyl adjacent to an activating group) is 1. The summed E-state index contributed by atoms with van der Waals surface area (Å²) in [6.07, 6.45) is 7.03. The molecule has 0 aromatic heterocycles. The molecule has 2 aliphatic carbocycles. The third-order valence-corrected chi connectivity index (χ3v) is 5.00. The van der Waals surface area contributed by atoms with Crippen LogP contribution in [0.15, 0.2) is 0 Å². The van der Waals surface area contributed by atoms with E-state index in [1.54, 1.807) is 0 Å². The van der Waals surface area contributed by atoms with Gasteiger partial charge in [-0.15, -0.1) is 0 Å². The summed E-state index contributed by atoms with van der Waals surface area (Å²) in [5.74, 6) is 3.04. The SMILES string of the molecule is CCNC(CO)CCN(C)CC1CC2CCC1C2. The highest BCUT2D eigenvalue weighted by molar-refractivity contribution is 4.91. The zero-order chi connectivity index (χ0) is 13.0. The molecule has 3 nitrogen and oxygen atoms in total. The summed E-state index contributed by atoms with van der Waals surface area (Å²) in [5.41, 5.74) is 0. The average Bonchev–Trinajstić information content (AvgIpc) is 2.96. The van der Waals surface area contributed by atoms with Crippen molar-refractivity contribution in [3.05, 3.63) is 0 Å². The molecule has 4 unspecified atom stereocenters. The van der Waals surface area contributed by atoms with Gasteiger partial charge in [0.25, 0.3) is 0 Å². The molecule has 4 atom stereocenters. The van der Waals surface area contributed by atoms with Crippen molar-refractivity contribution in [1.82, 2.24) is 10.2 Å². The standard InChI is InChI=1S/C15H30N2O/c1-3-16-15(11-18)6-7-17(2)10-14-9-12-4-5-13(14)8-12/h12-16,18H,3-11H2,1-2H3. The predicted molar refractivity (Wildman–Crippen MR) is 75.6 cm³/mol. The first-order valence-corrected chi connectivity index (χ1v) is 7.75. The van der Waals surface area contributed by atoms with E-state index in [2.05, 4.69) is 24.2 Å². The van der Waals surface area contributed by atoms with E-state index in [0.29, 0.717) is 0 Å². The molecule has 0 aliphatic heterocycles. The molecule has 0 aromatic rings. The van der Waals surface area contributed by atoms with Gasteiger partial charge in [-0.2, -0.15) is 0 Å². The Kier molecular flexibility index (Phi) is 5.46. The summed E-state index contributed by atoms with van der Waals surface area (Å²) in [4.78, 5) is 2.48. The van der Waals surface area contributed by atoms with Gasteiger partial charge in [0.15, 0.2) is 0 Å². The lowest BCUT2D eigenvalue weighted by Crippen LogP contribution is -2.37. The van der Waals surface area contributed by atoms with Gasteiger partial charge in [0.05, 0.1) is 6.61 Å². The number of hydrogen-bond acceptors (Lipinski definition) is 3. The molecule has 2 aliphatic rings. The Balaban J connectivity index is 1.64. The van der Waals surface area contributed by atoms with Crippen LogP contribution < -0.4 is 5.32 Å². The number of fused-ring (bicyclic) bond motifs is 2. The molecule has 0 saturated heterocycles. The van der Waals surface area contributed by atoms with Crippen LogP contribution in [0.2, 0.25) is 0 Å². The van der Waals surface area contributed by atoms with E-state index >= 15 is 0 Å². The topological polar surface area (TPSA) is 35.5 Å². The van der Waals surface area contributed by atoms with Crippen LogP contribution in [0.25, 0.3) is 0 Å². The van der Waals surface area contributed by atoms with Crippen molar-refractivity contribution in [2.45, 2.75) is 45.1 Å². The molecule has 3 heteroatoms. The summed E-state index contributed by atoms with van der Waals surface area (Å²) in [6, 6.07) is 0.275. The Morgan fingerprint density at radius 1 is 1.33 bits per heavy atom. The van der Waals surface area contributed by atoms with E-state index in [-0.39, 0.29) is 12.6 Å². The van der Waals surface area contributed by atoms with Crippen molar-refractivity contribution in [2.24, 2.45) is 17.8 Å². The summed E-state index contributed by atoms with van der Waals surface area (Å²) in [5, 5.41) is 12.6. The Morgan fingerprint density at radius 2 is 2.17 bits per heavy atom. The lowest BCUT2D eigenvalue weighted by Gasteiger charge is -2.28. The second-order valence-corrected chi connectivity index (χ2v) is 6.42. The third kappa shape index (κ3) is 3.69. The number of hydrogen-bond donors (Lipinski definition) is 2. The molecule has 2 N–H and O–H groups in total. The molecule has 2 bridgehead atoms. The molecule has 18 heavy (non-hydrogen) atoms. The maximum Gasteiger partial charge on any atom is 0.0585 e. The van der Waals surface area contributed by atoms with Crippen LogP contribution in [-0.2, 0) is 0 Å². The monoisotopic (exact) mass is 254 g/mol. The molecule has 0 radical (unpaired) electrons. The van der Waals surface area contributed by atoms with Gasteiger partial charge in [0.2, 0.25) is 0 Å². The highest BCUT2D eigenvalue weighted by atomic mass is 16.3. The normalized spacial score (nSPS) is 32.3. The van der Waals surface area contributed by atoms with Gasteiger partial charge in [0, 0.05) is 12.6 Å². The predicted octanol–water partition coefficient (Wildman–Crippen LogP) is 1.71. The van der Waals surface area contributed by atoms with Crippen molar-refractivity contribution >= 4 is 0 Å². The zero-order valence-electron chi connectivity index (χ0n) is 12.1. The maximum atomic E-state index is 9.26. The van der Waals surface area contributed by atoms with E-state index in [1.165, 1.54) is 32.2 Å².